The molecule has 1 rings (SSSR count). The molecule has 1 unspecified atom stereocenters. The van der Waals surface area contributed by atoms with Gasteiger partial charge in [-0.2, -0.15) is 0 Å². The molecule has 0 aromatic heterocycles. The Morgan fingerprint density at radius 1 is 1.53 bits per heavy atom. The smallest absolute Gasteiger partial charge is 0.331 e. The number of carboxylic acids is 1. The highest BCUT2D eigenvalue weighted by Gasteiger charge is 2.15. The lowest BCUT2D eigenvalue weighted by molar-refractivity contribution is -0.132. The maximum Gasteiger partial charge on any atom is 0.331 e. The molecule has 4 nitrogen and oxygen atoms in total. The van der Waals surface area contributed by atoms with Crippen molar-refractivity contribution in [3.05, 3.63) is 11.6 Å². The average Bonchev–Trinajstić information content (AvgIpc) is 2.30. The minimum Gasteiger partial charge on any atom is -0.478 e. The van der Waals surface area contributed by atoms with Gasteiger partial charge in [-0.3, -0.25) is 0 Å². The van der Waals surface area contributed by atoms with E-state index in [-0.39, 0.29) is 0 Å². The fourth-order valence-corrected chi connectivity index (χ4v) is 2.02. The molecule has 0 aliphatic carbocycles. The average molecular weight is 241 g/mol. The van der Waals surface area contributed by atoms with Gasteiger partial charge in [-0.1, -0.05) is 13.0 Å². The van der Waals surface area contributed by atoms with Crippen molar-refractivity contribution in [3.8, 4) is 0 Å². The van der Waals surface area contributed by atoms with Crippen molar-refractivity contribution in [1.82, 2.24) is 4.90 Å². The van der Waals surface area contributed by atoms with E-state index in [1.807, 2.05) is 14.0 Å². The molecular formula is C13H23NO3. The largest absolute Gasteiger partial charge is 0.478 e. The molecule has 0 amide bonds. The predicted molar refractivity (Wildman–Crippen MR) is 67.1 cm³/mol. The Bertz CT molecular complexity index is 270. The molecule has 0 aromatic rings. The maximum atomic E-state index is 10.8. The Kier molecular flexibility index (Phi) is 6.22. The molecule has 0 bridgehead atoms. The fraction of sp³-hybridized carbons (Fsp3) is 0.769. The molecule has 1 atom stereocenters. The van der Waals surface area contributed by atoms with E-state index in [2.05, 4.69) is 4.90 Å². The van der Waals surface area contributed by atoms with E-state index in [0.29, 0.717) is 24.6 Å². The van der Waals surface area contributed by atoms with Crippen molar-refractivity contribution in [3.63, 3.8) is 0 Å². The van der Waals surface area contributed by atoms with Crippen LogP contribution >= 0.6 is 0 Å². The van der Waals surface area contributed by atoms with Crippen molar-refractivity contribution in [2.75, 3.05) is 26.7 Å². The number of nitrogens with zero attached hydrogens (tertiary/aromatic N) is 1. The lowest BCUT2D eigenvalue weighted by Gasteiger charge is -2.26. The van der Waals surface area contributed by atoms with Crippen LogP contribution in [0.5, 0.6) is 0 Å². The van der Waals surface area contributed by atoms with Crippen LogP contribution in [-0.4, -0.2) is 48.8 Å². The molecule has 4 heteroatoms. The standard InChI is InChI=1S/C13H23NO3/c1-3-11(13(15)16)7-8-14(2)10-12-6-4-5-9-17-12/h7,12H,3-6,8-10H2,1-2H3,(H,15,16). The molecule has 1 aliphatic rings. The molecule has 0 saturated carbocycles. The monoisotopic (exact) mass is 241 g/mol. The number of carbonyl (C=O) groups is 1. The Hall–Kier alpha value is -0.870. The highest BCUT2D eigenvalue weighted by Crippen LogP contribution is 2.13. The summed E-state index contributed by atoms with van der Waals surface area (Å²) >= 11 is 0. The zero-order chi connectivity index (χ0) is 12.7. The van der Waals surface area contributed by atoms with Crippen molar-refractivity contribution < 1.29 is 14.6 Å². The normalized spacial score (nSPS) is 21.8. The van der Waals surface area contributed by atoms with Crippen LogP contribution in [0.1, 0.15) is 32.6 Å². The minimum absolute atomic E-state index is 0.317. The maximum absolute atomic E-state index is 10.8. The molecule has 17 heavy (non-hydrogen) atoms. The van der Waals surface area contributed by atoms with Gasteiger partial charge in [0.05, 0.1) is 6.10 Å². The van der Waals surface area contributed by atoms with Gasteiger partial charge >= 0.3 is 5.97 Å². The summed E-state index contributed by atoms with van der Waals surface area (Å²) in [6.07, 6.45) is 6.21. The number of rotatable bonds is 6. The zero-order valence-electron chi connectivity index (χ0n) is 10.8. The predicted octanol–water partition coefficient (Wildman–Crippen LogP) is 1.91. The number of ether oxygens (including phenoxy) is 1. The van der Waals surface area contributed by atoms with Crippen LogP contribution in [0.2, 0.25) is 0 Å². The molecule has 0 radical (unpaired) electrons. The van der Waals surface area contributed by atoms with E-state index in [1.165, 1.54) is 12.8 Å². The van der Waals surface area contributed by atoms with Crippen LogP contribution in [0, 0.1) is 0 Å². The van der Waals surface area contributed by atoms with Crippen LogP contribution in [0.25, 0.3) is 0 Å². The summed E-state index contributed by atoms with van der Waals surface area (Å²) in [7, 11) is 2.00. The van der Waals surface area contributed by atoms with Crippen molar-refractivity contribution >= 4 is 5.97 Å². The third-order valence-electron chi connectivity index (χ3n) is 3.09. The molecule has 1 heterocycles. The second-order valence-electron chi connectivity index (χ2n) is 4.60. The SMILES string of the molecule is CCC(=CCN(C)CC1CCCCO1)C(=O)O. The highest BCUT2D eigenvalue weighted by atomic mass is 16.5. The molecule has 1 fully saturated rings. The van der Waals surface area contributed by atoms with Crippen LogP contribution < -0.4 is 0 Å². The van der Waals surface area contributed by atoms with Gasteiger partial charge < -0.3 is 14.7 Å². The lowest BCUT2D eigenvalue weighted by atomic mass is 10.1. The number of hydrogen-bond donors (Lipinski definition) is 1. The van der Waals surface area contributed by atoms with Crippen molar-refractivity contribution in [1.29, 1.82) is 0 Å². The van der Waals surface area contributed by atoms with Gasteiger partial charge in [-0.25, -0.2) is 4.79 Å². The van der Waals surface area contributed by atoms with Gasteiger partial charge in [0.2, 0.25) is 0 Å². The quantitative estimate of drug-likeness (QED) is 0.722. The van der Waals surface area contributed by atoms with E-state index in [0.717, 1.165) is 19.6 Å². The summed E-state index contributed by atoms with van der Waals surface area (Å²) in [6, 6.07) is 0. The summed E-state index contributed by atoms with van der Waals surface area (Å²) in [6.45, 7) is 4.29. The van der Waals surface area contributed by atoms with E-state index in [4.69, 9.17) is 9.84 Å². The summed E-state index contributed by atoms with van der Waals surface area (Å²) in [5, 5.41) is 8.90. The Balaban J connectivity index is 2.32. The van der Waals surface area contributed by atoms with Crippen LogP contribution in [0.3, 0.4) is 0 Å². The second kappa shape index (κ2) is 7.45. The summed E-state index contributed by atoms with van der Waals surface area (Å²) in [4.78, 5) is 12.9. The van der Waals surface area contributed by atoms with E-state index >= 15 is 0 Å². The second-order valence-corrected chi connectivity index (χ2v) is 4.60. The molecule has 1 saturated heterocycles. The minimum atomic E-state index is -0.810. The van der Waals surface area contributed by atoms with Gasteiger partial charge in [-0.05, 0) is 32.7 Å². The van der Waals surface area contributed by atoms with Crippen LogP contribution in [0.4, 0.5) is 0 Å². The first kappa shape index (κ1) is 14.2. The molecule has 0 aromatic carbocycles. The fourth-order valence-electron chi connectivity index (χ4n) is 2.02. The molecule has 1 aliphatic heterocycles. The van der Waals surface area contributed by atoms with E-state index < -0.39 is 5.97 Å². The summed E-state index contributed by atoms with van der Waals surface area (Å²) < 4.78 is 5.65. The van der Waals surface area contributed by atoms with Gasteiger partial charge in [0.1, 0.15) is 0 Å². The summed E-state index contributed by atoms with van der Waals surface area (Å²) in [5.74, 6) is -0.810. The Labute approximate surface area is 103 Å². The zero-order valence-corrected chi connectivity index (χ0v) is 10.8. The van der Waals surface area contributed by atoms with Gasteiger partial charge in [0.25, 0.3) is 0 Å². The number of likely N-dealkylation sites (N-methyl/N-ethyl adjacent to an activating group) is 1. The third kappa shape index (κ3) is 5.33. The van der Waals surface area contributed by atoms with E-state index in [9.17, 15) is 4.79 Å². The Morgan fingerprint density at radius 2 is 2.29 bits per heavy atom. The Morgan fingerprint density at radius 3 is 2.82 bits per heavy atom. The van der Waals surface area contributed by atoms with Crippen LogP contribution in [-0.2, 0) is 9.53 Å². The van der Waals surface area contributed by atoms with Gasteiger partial charge in [-0.15, -0.1) is 0 Å². The highest BCUT2D eigenvalue weighted by molar-refractivity contribution is 5.86. The molecule has 0 spiro atoms. The number of aliphatic carboxylic acids is 1. The number of hydrogen-bond acceptors (Lipinski definition) is 3. The molecular weight excluding hydrogens is 218 g/mol. The molecule has 98 valence electrons. The van der Waals surface area contributed by atoms with Gasteiger partial charge in [0, 0.05) is 25.3 Å². The first-order valence-electron chi connectivity index (χ1n) is 6.36. The third-order valence-corrected chi connectivity index (χ3v) is 3.09. The molecule has 1 N–H and O–H groups in total. The first-order valence-corrected chi connectivity index (χ1v) is 6.36. The first-order chi connectivity index (χ1) is 8.13. The van der Waals surface area contributed by atoms with Crippen molar-refractivity contribution in [2.45, 2.75) is 38.7 Å². The van der Waals surface area contributed by atoms with Crippen molar-refractivity contribution in [2.24, 2.45) is 0 Å². The van der Waals surface area contributed by atoms with Crippen LogP contribution in [0.15, 0.2) is 11.6 Å². The van der Waals surface area contributed by atoms with Gasteiger partial charge in [0.15, 0.2) is 0 Å². The van der Waals surface area contributed by atoms with E-state index in [1.54, 1.807) is 6.08 Å². The lowest BCUT2D eigenvalue weighted by Crippen LogP contribution is -2.33. The summed E-state index contributed by atoms with van der Waals surface area (Å²) in [5.41, 5.74) is 0.487. The topological polar surface area (TPSA) is 49.8 Å². The number of carboxylic acid groups (broad SMARTS) is 1.